The lowest BCUT2D eigenvalue weighted by molar-refractivity contribution is 0.125. The van der Waals surface area contributed by atoms with Gasteiger partial charge in [-0.3, -0.25) is 0 Å². The average molecular weight is 301 g/mol. The molecule has 0 fully saturated rings. The number of aliphatic hydroxyl groups excluding tert-OH is 1. The first-order valence-electron chi connectivity index (χ1n) is 5.42. The van der Waals surface area contributed by atoms with E-state index >= 15 is 0 Å². The van der Waals surface area contributed by atoms with Crippen LogP contribution in [0.4, 0.5) is 0 Å². The number of methoxy groups -OCH3 is 1. The highest BCUT2D eigenvalue weighted by Gasteiger charge is 1.94. The van der Waals surface area contributed by atoms with Crippen LogP contribution in [-0.2, 0) is 11.3 Å². The van der Waals surface area contributed by atoms with Gasteiger partial charge >= 0.3 is 0 Å². The summed E-state index contributed by atoms with van der Waals surface area (Å²) in [7, 11) is 1.65. The van der Waals surface area contributed by atoms with Crippen LogP contribution in [0.15, 0.2) is 34.8 Å². The van der Waals surface area contributed by atoms with E-state index in [1.165, 1.54) is 0 Å². The molecular formula is C13H17BrO3. The molecule has 0 aromatic heterocycles. The van der Waals surface area contributed by atoms with Gasteiger partial charge in [0.2, 0.25) is 0 Å². The minimum absolute atomic E-state index is 0.0402. The summed E-state index contributed by atoms with van der Waals surface area (Å²) in [6.07, 6.45) is 2.70. The molecule has 1 aromatic carbocycles. The summed E-state index contributed by atoms with van der Waals surface area (Å²) in [4.78, 5) is 0. The van der Waals surface area contributed by atoms with Crippen molar-refractivity contribution in [2.45, 2.75) is 13.0 Å². The lowest BCUT2D eigenvalue weighted by Gasteiger charge is -2.04. The Morgan fingerprint density at radius 2 is 2.06 bits per heavy atom. The Bertz CT molecular complexity index is 346. The van der Waals surface area contributed by atoms with Crippen molar-refractivity contribution in [2.24, 2.45) is 0 Å². The predicted molar refractivity (Wildman–Crippen MR) is 71.4 cm³/mol. The van der Waals surface area contributed by atoms with Gasteiger partial charge in [0.1, 0.15) is 5.75 Å². The van der Waals surface area contributed by atoms with Gasteiger partial charge in [-0.15, -0.1) is 0 Å². The van der Waals surface area contributed by atoms with Crippen molar-refractivity contribution in [1.29, 1.82) is 0 Å². The smallest absolute Gasteiger partial charge is 0.118 e. The van der Waals surface area contributed by atoms with Crippen LogP contribution in [0.1, 0.15) is 12.0 Å². The first-order chi connectivity index (χ1) is 8.26. The first kappa shape index (κ1) is 14.2. The third-order valence-electron chi connectivity index (χ3n) is 2.21. The molecule has 1 N–H and O–H groups in total. The number of rotatable bonds is 7. The number of benzene rings is 1. The summed E-state index contributed by atoms with van der Waals surface area (Å²) in [5, 5.41) is 8.75. The standard InChI is InChI=1S/C13H17BrO3/c1-16-13-6-4-11(5-7-13)10-17-8-2-3-12(14)9-15/h3-7,15H,2,8-10H2,1H3/b12-3-. The van der Waals surface area contributed by atoms with Crippen LogP contribution in [0, 0.1) is 0 Å². The Morgan fingerprint density at radius 1 is 1.35 bits per heavy atom. The lowest BCUT2D eigenvalue weighted by atomic mass is 10.2. The SMILES string of the molecule is COc1ccc(COCC/C=C(\Br)CO)cc1. The van der Waals surface area contributed by atoms with Crippen molar-refractivity contribution in [3.05, 3.63) is 40.4 Å². The third kappa shape index (κ3) is 5.86. The second-order valence-electron chi connectivity index (χ2n) is 3.50. The van der Waals surface area contributed by atoms with E-state index in [0.717, 1.165) is 22.2 Å². The van der Waals surface area contributed by atoms with E-state index in [1.807, 2.05) is 30.3 Å². The summed E-state index contributed by atoms with van der Waals surface area (Å²) < 4.78 is 11.4. The van der Waals surface area contributed by atoms with Crippen LogP contribution in [0.5, 0.6) is 5.75 Å². The molecule has 3 nitrogen and oxygen atoms in total. The van der Waals surface area contributed by atoms with Crippen LogP contribution in [0.25, 0.3) is 0 Å². The monoisotopic (exact) mass is 300 g/mol. The summed E-state index contributed by atoms with van der Waals surface area (Å²) in [6.45, 7) is 1.27. The van der Waals surface area contributed by atoms with Gasteiger partial charge in [0, 0.05) is 4.48 Å². The van der Waals surface area contributed by atoms with Crippen molar-refractivity contribution in [2.75, 3.05) is 20.3 Å². The molecule has 0 amide bonds. The van der Waals surface area contributed by atoms with E-state index < -0.39 is 0 Å². The average Bonchev–Trinajstić information content (AvgIpc) is 2.38. The molecule has 0 heterocycles. The largest absolute Gasteiger partial charge is 0.497 e. The molecule has 0 aliphatic heterocycles. The molecule has 1 rings (SSSR count). The summed E-state index contributed by atoms with van der Waals surface area (Å²) in [5.74, 6) is 0.851. The zero-order valence-corrected chi connectivity index (χ0v) is 11.4. The van der Waals surface area contributed by atoms with E-state index in [2.05, 4.69) is 15.9 Å². The Hall–Kier alpha value is -0.840. The summed E-state index contributed by atoms with van der Waals surface area (Å²) >= 11 is 3.23. The maximum Gasteiger partial charge on any atom is 0.118 e. The van der Waals surface area contributed by atoms with Gasteiger partial charge in [-0.2, -0.15) is 0 Å². The minimum Gasteiger partial charge on any atom is -0.497 e. The normalized spacial score (nSPS) is 11.6. The first-order valence-corrected chi connectivity index (χ1v) is 6.21. The molecule has 0 aliphatic carbocycles. The second-order valence-corrected chi connectivity index (χ2v) is 4.52. The van der Waals surface area contributed by atoms with Crippen LogP contribution < -0.4 is 4.74 Å². The van der Waals surface area contributed by atoms with Gasteiger partial charge in [0.25, 0.3) is 0 Å². The van der Waals surface area contributed by atoms with Gasteiger partial charge < -0.3 is 14.6 Å². The Labute approximate surface area is 110 Å². The highest BCUT2D eigenvalue weighted by atomic mass is 79.9. The van der Waals surface area contributed by atoms with E-state index in [9.17, 15) is 0 Å². The molecule has 0 aliphatic rings. The topological polar surface area (TPSA) is 38.7 Å². The number of aliphatic hydroxyl groups is 1. The quantitative estimate of drug-likeness (QED) is 0.787. The molecule has 17 heavy (non-hydrogen) atoms. The molecule has 0 atom stereocenters. The zero-order valence-electron chi connectivity index (χ0n) is 9.86. The fraction of sp³-hybridized carbons (Fsp3) is 0.385. The van der Waals surface area contributed by atoms with Crippen molar-refractivity contribution in [1.82, 2.24) is 0 Å². The number of hydrogen-bond donors (Lipinski definition) is 1. The van der Waals surface area contributed by atoms with Crippen LogP contribution >= 0.6 is 15.9 Å². The van der Waals surface area contributed by atoms with Crippen LogP contribution in [0.2, 0.25) is 0 Å². The fourth-order valence-electron chi connectivity index (χ4n) is 1.28. The van der Waals surface area contributed by atoms with Crippen molar-refractivity contribution < 1.29 is 14.6 Å². The van der Waals surface area contributed by atoms with Crippen LogP contribution in [0.3, 0.4) is 0 Å². The van der Waals surface area contributed by atoms with E-state index in [-0.39, 0.29) is 6.61 Å². The minimum atomic E-state index is 0.0402. The van der Waals surface area contributed by atoms with Gasteiger partial charge in [-0.25, -0.2) is 0 Å². The lowest BCUT2D eigenvalue weighted by Crippen LogP contribution is -1.95. The summed E-state index contributed by atoms with van der Waals surface area (Å²) in [5.41, 5.74) is 1.12. The molecule has 0 spiro atoms. The highest BCUT2D eigenvalue weighted by Crippen LogP contribution is 2.12. The maximum atomic E-state index is 8.75. The zero-order chi connectivity index (χ0) is 12.5. The summed E-state index contributed by atoms with van der Waals surface area (Å²) in [6, 6.07) is 7.80. The van der Waals surface area contributed by atoms with Crippen molar-refractivity contribution in [3.8, 4) is 5.75 Å². The molecule has 0 unspecified atom stereocenters. The van der Waals surface area contributed by atoms with Crippen LogP contribution in [-0.4, -0.2) is 25.4 Å². The van der Waals surface area contributed by atoms with E-state index in [1.54, 1.807) is 7.11 Å². The van der Waals surface area contributed by atoms with Crippen molar-refractivity contribution >= 4 is 15.9 Å². The Balaban J connectivity index is 2.22. The molecule has 0 saturated heterocycles. The molecule has 0 radical (unpaired) electrons. The highest BCUT2D eigenvalue weighted by molar-refractivity contribution is 9.11. The molecule has 4 heteroatoms. The molecule has 0 saturated carbocycles. The third-order valence-corrected chi connectivity index (χ3v) is 2.78. The Kier molecular flexibility index (Phi) is 6.93. The van der Waals surface area contributed by atoms with E-state index in [4.69, 9.17) is 14.6 Å². The van der Waals surface area contributed by atoms with Gasteiger partial charge in [0.15, 0.2) is 0 Å². The number of halogens is 1. The maximum absolute atomic E-state index is 8.75. The number of ether oxygens (including phenoxy) is 2. The second kappa shape index (κ2) is 8.28. The van der Waals surface area contributed by atoms with Crippen molar-refractivity contribution in [3.63, 3.8) is 0 Å². The molecule has 94 valence electrons. The van der Waals surface area contributed by atoms with E-state index in [0.29, 0.717) is 13.2 Å². The molecular weight excluding hydrogens is 284 g/mol. The molecule has 1 aromatic rings. The molecule has 0 bridgehead atoms. The number of hydrogen-bond acceptors (Lipinski definition) is 3. The van der Waals surface area contributed by atoms with Gasteiger partial charge in [0.05, 0.1) is 26.9 Å². The van der Waals surface area contributed by atoms with Gasteiger partial charge in [-0.1, -0.05) is 34.1 Å². The fourth-order valence-corrected chi connectivity index (χ4v) is 1.50. The predicted octanol–water partition coefficient (Wildman–Crippen LogP) is 2.87. The van der Waals surface area contributed by atoms with Gasteiger partial charge in [-0.05, 0) is 24.1 Å². The Morgan fingerprint density at radius 3 is 2.65 bits per heavy atom.